The Balaban J connectivity index is 1.32. The number of fused-ring (bicyclic) bond motifs is 1. The fourth-order valence-electron chi connectivity index (χ4n) is 5.90. The van der Waals surface area contributed by atoms with Crippen LogP contribution in [0.15, 0.2) is 103 Å². The number of Topliss-reactive ketones (excluding diaryl/α,β-unsaturated/α-hetero) is 1. The molecule has 5 atom stereocenters. The number of benzene rings is 4. The van der Waals surface area contributed by atoms with Gasteiger partial charge in [0.05, 0.1) is 42.7 Å². The maximum Gasteiger partial charge on any atom is 0.339 e. The summed E-state index contributed by atoms with van der Waals surface area (Å²) in [6.07, 6.45) is -1.94. The molecule has 6 rings (SSSR count). The molecule has 0 aromatic heterocycles. The van der Waals surface area contributed by atoms with Crippen LogP contribution in [0.3, 0.4) is 0 Å². The first-order valence-corrected chi connectivity index (χ1v) is 15.0. The summed E-state index contributed by atoms with van der Waals surface area (Å²) >= 11 is 0. The van der Waals surface area contributed by atoms with Gasteiger partial charge in [0.25, 0.3) is 0 Å². The molecule has 0 spiro atoms. The molecule has 0 N–H and O–H groups in total. The minimum absolute atomic E-state index is 0.252. The topological polar surface area (TPSA) is 80.3 Å². The standard InChI is InChI=1S/C37H36O7/c1-24(38)34-33-30(37(39)44-34)19-18-29(36(33)42-23-28-16-10-5-11-17-28)31-20-32(40-21-26-12-6-3-7-13-26)35(25(2)43-31)41-22-27-14-8-4-9-15-27/h3-19,25,31-32,34-35H,20-23H2,1-2H3/t25-,31?,32-,34?,35-/m1/s1. The highest BCUT2D eigenvalue weighted by molar-refractivity contribution is 6.01. The molecule has 2 unspecified atom stereocenters. The summed E-state index contributed by atoms with van der Waals surface area (Å²) < 4.78 is 31.6. The molecule has 7 heteroatoms. The van der Waals surface area contributed by atoms with E-state index in [1.54, 1.807) is 6.07 Å². The molecule has 0 radical (unpaired) electrons. The monoisotopic (exact) mass is 592 g/mol. The first-order valence-electron chi connectivity index (χ1n) is 15.0. The van der Waals surface area contributed by atoms with E-state index in [-0.39, 0.29) is 30.7 Å². The van der Waals surface area contributed by atoms with E-state index < -0.39 is 18.2 Å². The van der Waals surface area contributed by atoms with Gasteiger partial charge in [0, 0.05) is 12.0 Å². The number of carbonyl (C=O) groups excluding carboxylic acids is 2. The van der Waals surface area contributed by atoms with Gasteiger partial charge in [0.2, 0.25) is 0 Å². The smallest absolute Gasteiger partial charge is 0.339 e. The number of hydrogen-bond acceptors (Lipinski definition) is 7. The van der Waals surface area contributed by atoms with Crippen molar-refractivity contribution in [3.05, 3.63) is 137 Å². The third-order valence-corrected chi connectivity index (χ3v) is 8.12. The van der Waals surface area contributed by atoms with E-state index in [0.717, 1.165) is 22.3 Å². The van der Waals surface area contributed by atoms with Crippen molar-refractivity contribution in [1.82, 2.24) is 0 Å². The molecule has 4 aromatic rings. The van der Waals surface area contributed by atoms with Crippen LogP contribution in [0, 0.1) is 0 Å². The Kier molecular flexibility index (Phi) is 9.17. The second kappa shape index (κ2) is 13.6. The Hall–Kier alpha value is -4.30. The van der Waals surface area contributed by atoms with Crippen LogP contribution in [0.5, 0.6) is 5.75 Å². The van der Waals surface area contributed by atoms with E-state index in [1.165, 1.54) is 6.92 Å². The average Bonchev–Trinajstić information content (AvgIpc) is 3.40. The number of carbonyl (C=O) groups is 2. The molecule has 226 valence electrons. The second-order valence-electron chi connectivity index (χ2n) is 11.3. The summed E-state index contributed by atoms with van der Waals surface area (Å²) in [6.45, 7) is 4.51. The molecule has 0 bridgehead atoms. The first kappa shape index (κ1) is 29.8. The zero-order chi connectivity index (χ0) is 30.5. The van der Waals surface area contributed by atoms with E-state index in [4.69, 9.17) is 23.7 Å². The summed E-state index contributed by atoms with van der Waals surface area (Å²) in [5.74, 6) is -0.358. The molecule has 0 amide bonds. The third kappa shape index (κ3) is 6.60. The Morgan fingerprint density at radius 1 is 0.773 bits per heavy atom. The molecule has 0 aliphatic carbocycles. The van der Waals surface area contributed by atoms with Crippen molar-refractivity contribution >= 4 is 11.8 Å². The van der Waals surface area contributed by atoms with Gasteiger partial charge < -0.3 is 23.7 Å². The SMILES string of the molecule is CC(=O)C1OC(=O)c2ccc(C3C[C@@H](OCc4ccccc4)[C@H](OCc4ccccc4)[C@@H](C)O3)c(OCc3ccccc3)c21. The van der Waals surface area contributed by atoms with Crippen LogP contribution in [0.4, 0.5) is 0 Å². The summed E-state index contributed by atoms with van der Waals surface area (Å²) in [7, 11) is 0. The number of hydrogen-bond donors (Lipinski definition) is 0. The van der Waals surface area contributed by atoms with E-state index in [1.807, 2.05) is 104 Å². The summed E-state index contributed by atoms with van der Waals surface area (Å²) in [4.78, 5) is 25.4. The highest BCUT2D eigenvalue weighted by Crippen LogP contribution is 2.46. The summed E-state index contributed by atoms with van der Waals surface area (Å²) in [6, 6.07) is 33.4. The van der Waals surface area contributed by atoms with Crippen molar-refractivity contribution in [2.75, 3.05) is 0 Å². The quantitative estimate of drug-likeness (QED) is 0.172. The molecule has 0 saturated carbocycles. The lowest BCUT2D eigenvalue weighted by Crippen LogP contribution is -2.47. The molecule has 2 aliphatic heterocycles. The van der Waals surface area contributed by atoms with Crippen molar-refractivity contribution in [3.8, 4) is 5.75 Å². The van der Waals surface area contributed by atoms with Crippen molar-refractivity contribution in [2.24, 2.45) is 0 Å². The highest BCUT2D eigenvalue weighted by atomic mass is 16.6. The minimum Gasteiger partial charge on any atom is -0.488 e. The van der Waals surface area contributed by atoms with Crippen LogP contribution in [0.25, 0.3) is 0 Å². The third-order valence-electron chi connectivity index (χ3n) is 8.12. The van der Waals surface area contributed by atoms with Crippen LogP contribution < -0.4 is 4.74 Å². The van der Waals surface area contributed by atoms with E-state index in [9.17, 15) is 9.59 Å². The van der Waals surface area contributed by atoms with E-state index in [0.29, 0.717) is 36.5 Å². The van der Waals surface area contributed by atoms with Gasteiger partial charge >= 0.3 is 5.97 Å². The van der Waals surface area contributed by atoms with Crippen molar-refractivity contribution in [3.63, 3.8) is 0 Å². The van der Waals surface area contributed by atoms with Crippen LogP contribution in [-0.4, -0.2) is 30.1 Å². The number of rotatable bonds is 11. The van der Waals surface area contributed by atoms with Crippen molar-refractivity contribution in [1.29, 1.82) is 0 Å². The zero-order valence-corrected chi connectivity index (χ0v) is 24.9. The number of ether oxygens (including phenoxy) is 5. The van der Waals surface area contributed by atoms with Gasteiger partial charge in [-0.05, 0) is 36.6 Å². The Bertz CT molecular complexity index is 1570. The van der Waals surface area contributed by atoms with Gasteiger partial charge in [-0.1, -0.05) is 97.1 Å². The molecule has 2 aliphatic rings. The van der Waals surface area contributed by atoms with Gasteiger partial charge in [-0.15, -0.1) is 0 Å². The van der Waals surface area contributed by atoms with Crippen molar-refractivity contribution < 1.29 is 33.3 Å². The summed E-state index contributed by atoms with van der Waals surface area (Å²) in [5, 5.41) is 0. The van der Waals surface area contributed by atoms with Gasteiger partial charge in [-0.3, -0.25) is 4.79 Å². The van der Waals surface area contributed by atoms with E-state index >= 15 is 0 Å². The second-order valence-corrected chi connectivity index (χ2v) is 11.3. The van der Waals surface area contributed by atoms with Gasteiger partial charge in [-0.2, -0.15) is 0 Å². The van der Waals surface area contributed by atoms with Gasteiger partial charge in [0.1, 0.15) is 18.5 Å². The predicted octanol–water partition coefficient (Wildman–Crippen LogP) is 7.09. The molecule has 2 heterocycles. The lowest BCUT2D eigenvalue weighted by atomic mass is 9.90. The maximum atomic E-state index is 12.8. The molecule has 1 fully saturated rings. The molecular formula is C37H36O7. The predicted molar refractivity (Wildman–Crippen MR) is 164 cm³/mol. The van der Waals surface area contributed by atoms with Crippen molar-refractivity contribution in [2.45, 2.75) is 70.6 Å². The van der Waals surface area contributed by atoms with Gasteiger partial charge in [0.15, 0.2) is 11.9 Å². The Morgan fingerprint density at radius 3 is 1.93 bits per heavy atom. The maximum absolute atomic E-state index is 12.8. The number of ketones is 1. The lowest BCUT2D eigenvalue weighted by molar-refractivity contribution is -0.204. The summed E-state index contributed by atoms with van der Waals surface area (Å²) in [5.41, 5.74) is 4.62. The fraction of sp³-hybridized carbons (Fsp3) is 0.297. The molecular weight excluding hydrogens is 556 g/mol. The molecule has 4 aromatic carbocycles. The van der Waals surface area contributed by atoms with Crippen LogP contribution in [0.1, 0.15) is 70.7 Å². The van der Waals surface area contributed by atoms with Gasteiger partial charge in [-0.25, -0.2) is 4.79 Å². The highest BCUT2D eigenvalue weighted by Gasteiger charge is 2.43. The fourth-order valence-corrected chi connectivity index (χ4v) is 5.90. The Morgan fingerprint density at radius 2 is 1.34 bits per heavy atom. The number of esters is 1. The largest absolute Gasteiger partial charge is 0.488 e. The van der Waals surface area contributed by atoms with Crippen LogP contribution in [-0.2, 0) is 43.6 Å². The minimum atomic E-state index is -1.03. The first-order chi connectivity index (χ1) is 21.5. The lowest BCUT2D eigenvalue weighted by Gasteiger charge is -2.41. The average molecular weight is 593 g/mol. The zero-order valence-electron chi connectivity index (χ0n) is 24.9. The normalized spacial score (nSPS) is 22.7. The number of cyclic esters (lactones) is 1. The molecule has 1 saturated heterocycles. The van der Waals surface area contributed by atoms with Crippen LogP contribution in [0.2, 0.25) is 0 Å². The molecule has 7 nitrogen and oxygen atoms in total. The molecule has 44 heavy (non-hydrogen) atoms. The van der Waals surface area contributed by atoms with Crippen LogP contribution >= 0.6 is 0 Å². The Labute approximate surface area is 257 Å². The van der Waals surface area contributed by atoms with E-state index in [2.05, 4.69) is 0 Å².